The average molecular weight is 344 g/mol. The third kappa shape index (κ3) is 5.21. The van der Waals surface area contributed by atoms with Crippen LogP contribution in [0.1, 0.15) is 29.8 Å². The number of benzene rings is 2. The van der Waals surface area contributed by atoms with Gasteiger partial charge in [-0.3, -0.25) is 9.59 Å². The minimum absolute atomic E-state index is 0.0710. The molecule has 2 N–H and O–H groups in total. The zero-order chi connectivity index (χ0) is 17.5. The van der Waals surface area contributed by atoms with Crippen LogP contribution in [0.2, 0.25) is 5.02 Å². The Bertz CT molecular complexity index is 755. The Balaban J connectivity index is 1.94. The van der Waals surface area contributed by atoms with Crippen molar-refractivity contribution >= 4 is 35.3 Å². The summed E-state index contributed by atoms with van der Waals surface area (Å²) in [4.78, 5) is 23.6. The summed E-state index contributed by atoms with van der Waals surface area (Å²) in [5.41, 5.74) is 4.32. The van der Waals surface area contributed by atoms with E-state index in [2.05, 4.69) is 15.8 Å². The second kappa shape index (κ2) is 8.26. The Morgan fingerprint density at radius 1 is 1.12 bits per heavy atom. The Hall–Kier alpha value is -2.66. The van der Waals surface area contributed by atoms with Crippen LogP contribution in [0.4, 0.5) is 5.69 Å². The molecule has 0 heterocycles. The van der Waals surface area contributed by atoms with Crippen molar-refractivity contribution in [3.05, 3.63) is 64.7 Å². The Morgan fingerprint density at radius 2 is 1.83 bits per heavy atom. The number of carbonyl (C=O) groups excluding carboxylic acids is 2. The topological polar surface area (TPSA) is 70.6 Å². The summed E-state index contributed by atoms with van der Waals surface area (Å²) < 4.78 is 0. The lowest BCUT2D eigenvalue weighted by molar-refractivity contribution is -0.118. The van der Waals surface area contributed by atoms with Crippen molar-refractivity contribution in [2.45, 2.75) is 13.8 Å². The second-order valence-corrected chi connectivity index (χ2v) is 5.91. The summed E-state index contributed by atoms with van der Waals surface area (Å²) in [6, 6.07) is 13.7. The summed E-state index contributed by atoms with van der Waals surface area (Å²) >= 11 is 5.87. The van der Waals surface area contributed by atoms with Gasteiger partial charge in [-0.25, -0.2) is 5.43 Å². The lowest BCUT2D eigenvalue weighted by Crippen LogP contribution is -2.19. The molecule has 0 aliphatic heterocycles. The van der Waals surface area contributed by atoms with Gasteiger partial charge in [-0.2, -0.15) is 5.10 Å². The molecule has 0 saturated heterocycles. The first-order valence-corrected chi connectivity index (χ1v) is 7.83. The van der Waals surface area contributed by atoms with Crippen molar-refractivity contribution in [2.75, 3.05) is 5.32 Å². The number of rotatable bonds is 5. The molecule has 2 rings (SSSR count). The van der Waals surface area contributed by atoms with Gasteiger partial charge >= 0.3 is 0 Å². The minimum atomic E-state index is -0.338. The highest BCUT2D eigenvalue weighted by Crippen LogP contribution is 2.11. The van der Waals surface area contributed by atoms with Crippen molar-refractivity contribution in [2.24, 2.45) is 11.0 Å². The lowest BCUT2D eigenvalue weighted by Gasteiger charge is -2.08. The molecule has 0 aromatic heterocycles. The van der Waals surface area contributed by atoms with E-state index in [-0.39, 0.29) is 17.7 Å². The average Bonchev–Trinajstić information content (AvgIpc) is 2.55. The van der Waals surface area contributed by atoms with Gasteiger partial charge < -0.3 is 5.32 Å². The number of nitrogens with one attached hydrogen (secondary N) is 2. The summed E-state index contributed by atoms with van der Waals surface area (Å²) in [5, 5.41) is 7.27. The van der Waals surface area contributed by atoms with Crippen LogP contribution < -0.4 is 10.7 Å². The number of nitrogens with zero attached hydrogens (tertiary/aromatic N) is 1. The fourth-order valence-corrected chi connectivity index (χ4v) is 2.01. The van der Waals surface area contributed by atoms with Crippen molar-refractivity contribution in [3.63, 3.8) is 0 Å². The minimum Gasteiger partial charge on any atom is -0.326 e. The third-order valence-electron chi connectivity index (χ3n) is 3.17. The molecule has 0 fully saturated rings. The van der Waals surface area contributed by atoms with E-state index in [4.69, 9.17) is 11.6 Å². The molecule has 6 heteroatoms. The van der Waals surface area contributed by atoms with Crippen LogP contribution in [-0.4, -0.2) is 18.0 Å². The van der Waals surface area contributed by atoms with Crippen LogP contribution in [0.3, 0.4) is 0 Å². The Kier molecular flexibility index (Phi) is 6.09. The van der Waals surface area contributed by atoms with E-state index in [1.54, 1.807) is 42.5 Å². The summed E-state index contributed by atoms with van der Waals surface area (Å²) in [6.45, 7) is 3.63. The fraction of sp³-hybridized carbons (Fsp3) is 0.167. The molecule has 2 amide bonds. The molecule has 0 unspecified atom stereocenters. The molecular formula is C18H18ClN3O2. The number of amides is 2. The molecular weight excluding hydrogens is 326 g/mol. The van der Waals surface area contributed by atoms with E-state index in [0.717, 1.165) is 5.56 Å². The van der Waals surface area contributed by atoms with E-state index in [1.807, 2.05) is 19.9 Å². The van der Waals surface area contributed by atoms with Gasteiger partial charge in [0.15, 0.2) is 0 Å². The first-order valence-electron chi connectivity index (χ1n) is 7.45. The van der Waals surface area contributed by atoms with E-state index >= 15 is 0 Å². The molecule has 2 aromatic rings. The van der Waals surface area contributed by atoms with Crippen molar-refractivity contribution in [3.8, 4) is 0 Å². The van der Waals surface area contributed by atoms with Crippen LogP contribution in [0.15, 0.2) is 53.6 Å². The van der Waals surface area contributed by atoms with Gasteiger partial charge in [0.2, 0.25) is 5.91 Å². The van der Waals surface area contributed by atoms with Gasteiger partial charge in [-0.1, -0.05) is 37.6 Å². The fourth-order valence-electron chi connectivity index (χ4n) is 1.81. The molecule has 24 heavy (non-hydrogen) atoms. The largest absolute Gasteiger partial charge is 0.326 e. The number of hydrogen-bond donors (Lipinski definition) is 2. The number of halogens is 1. The normalized spacial score (nSPS) is 10.8. The number of hydrazone groups is 1. The number of anilines is 1. The summed E-state index contributed by atoms with van der Waals surface area (Å²) in [7, 11) is 0. The number of carbonyl (C=O) groups is 2. The van der Waals surface area contributed by atoms with Gasteiger partial charge in [0.1, 0.15) is 0 Å². The number of hydrogen-bond acceptors (Lipinski definition) is 3. The maximum absolute atomic E-state index is 12.0. The molecule has 0 radical (unpaired) electrons. The maximum atomic E-state index is 12.0. The van der Waals surface area contributed by atoms with Gasteiger partial charge in [0.25, 0.3) is 5.91 Å². The van der Waals surface area contributed by atoms with E-state index in [1.165, 1.54) is 6.21 Å². The van der Waals surface area contributed by atoms with Gasteiger partial charge in [-0.05, 0) is 42.0 Å². The summed E-state index contributed by atoms with van der Waals surface area (Å²) in [6.07, 6.45) is 1.51. The lowest BCUT2D eigenvalue weighted by atomic mass is 10.1. The van der Waals surface area contributed by atoms with Crippen molar-refractivity contribution in [1.29, 1.82) is 0 Å². The molecule has 0 bridgehead atoms. The van der Waals surface area contributed by atoms with Crippen LogP contribution >= 0.6 is 11.6 Å². The molecule has 124 valence electrons. The molecule has 2 aromatic carbocycles. The monoisotopic (exact) mass is 343 g/mol. The zero-order valence-electron chi connectivity index (χ0n) is 13.4. The van der Waals surface area contributed by atoms with Crippen LogP contribution in [0.5, 0.6) is 0 Å². The van der Waals surface area contributed by atoms with Crippen LogP contribution in [-0.2, 0) is 4.79 Å². The third-order valence-corrected chi connectivity index (χ3v) is 3.40. The molecule has 5 nitrogen and oxygen atoms in total. The van der Waals surface area contributed by atoms with E-state index in [9.17, 15) is 9.59 Å². The molecule has 0 atom stereocenters. The van der Waals surface area contributed by atoms with Crippen molar-refractivity contribution < 1.29 is 9.59 Å². The predicted molar refractivity (Wildman–Crippen MR) is 96.4 cm³/mol. The Morgan fingerprint density at radius 3 is 2.46 bits per heavy atom. The Labute approximate surface area is 145 Å². The van der Waals surface area contributed by atoms with Crippen LogP contribution in [0, 0.1) is 5.92 Å². The standard InChI is InChI=1S/C18H18ClN3O2/c1-12(2)17(23)21-16-8-6-14(7-9-16)18(24)22-20-11-13-4-3-5-15(19)10-13/h3-12H,1-2H3,(H,21,23)(H,22,24). The highest BCUT2D eigenvalue weighted by molar-refractivity contribution is 6.30. The van der Waals surface area contributed by atoms with Gasteiger partial charge in [0.05, 0.1) is 6.21 Å². The van der Waals surface area contributed by atoms with E-state index < -0.39 is 0 Å². The van der Waals surface area contributed by atoms with Gasteiger partial charge in [-0.15, -0.1) is 0 Å². The first kappa shape index (κ1) is 17.7. The zero-order valence-corrected chi connectivity index (χ0v) is 14.2. The smallest absolute Gasteiger partial charge is 0.271 e. The van der Waals surface area contributed by atoms with Crippen molar-refractivity contribution in [1.82, 2.24) is 5.43 Å². The highest BCUT2D eigenvalue weighted by Gasteiger charge is 2.08. The highest BCUT2D eigenvalue weighted by atomic mass is 35.5. The first-order chi connectivity index (χ1) is 11.5. The molecule has 0 spiro atoms. The molecule has 0 aliphatic carbocycles. The SMILES string of the molecule is CC(C)C(=O)Nc1ccc(C(=O)NN=Cc2cccc(Cl)c2)cc1. The maximum Gasteiger partial charge on any atom is 0.271 e. The molecule has 0 aliphatic rings. The van der Waals surface area contributed by atoms with Crippen LogP contribution in [0.25, 0.3) is 0 Å². The van der Waals surface area contributed by atoms with E-state index in [0.29, 0.717) is 16.3 Å². The summed E-state index contributed by atoms with van der Waals surface area (Å²) in [5.74, 6) is -0.512. The second-order valence-electron chi connectivity index (χ2n) is 5.48. The molecule has 0 saturated carbocycles. The predicted octanol–water partition coefficient (Wildman–Crippen LogP) is 3.70. The quantitative estimate of drug-likeness (QED) is 0.642. The van der Waals surface area contributed by atoms with Gasteiger partial charge in [0, 0.05) is 22.2 Å².